The predicted octanol–water partition coefficient (Wildman–Crippen LogP) is 2.56. The first-order chi connectivity index (χ1) is 10.3. The lowest BCUT2D eigenvalue weighted by Crippen LogP contribution is -2.33. The van der Waals surface area contributed by atoms with Gasteiger partial charge in [-0.3, -0.25) is 0 Å². The number of rotatable bonds is 4. The number of halogens is 2. The summed E-state index contributed by atoms with van der Waals surface area (Å²) in [7, 11) is -8.71. The summed E-state index contributed by atoms with van der Waals surface area (Å²) >= 11 is 0. The molecule has 2 rings (SSSR count). The van der Waals surface area contributed by atoms with Gasteiger partial charge in [-0.25, -0.2) is 12.6 Å². The number of aryl methyl sites for hydroxylation is 1. The van der Waals surface area contributed by atoms with E-state index in [1.807, 2.05) is 0 Å². The molecule has 118 valence electrons. The molecule has 0 aliphatic carbocycles. The van der Waals surface area contributed by atoms with Gasteiger partial charge < -0.3 is 0 Å². The molecule has 0 saturated carbocycles. The van der Waals surface area contributed by atoms with Gasteiger partial charge in [0.1, 0.15) is 9.71 Å². The highest BCUT2D eigenvalue weighted by molar-refractivity contribution is 8.10. The van der Waals surface area contributed by atoms with Crippen molar-refractivity contribution in [3.05, 3.63) is 60.2 Å². The van der Waals surface area contributed by atoms with E-state index in [-0.39, 0.29) is 9.79 Å². The summed E-state index contributed by atoms with van der Waals surface area (Å²) in [6.45, 7) is 1.76. The molecule has 0 bridgehead atoms. The Labute approximate surface area is 128 Å². The Morgan fingerprint density at radius 3 is 1.91 bits per heavy atom. The van der Waals surface area contributed by atoms with E-state index in [0.717, 1.165) is 5.56 Å². The standard InChI is InChI=1S/C14H13F2NO3S2/c1-11-7-9-13(10-8-11)22(19,20)17-21(18,14(15)16)12-5-3-2-4-6-12/h2-10H,1H3,(H,17,18). The summed E-state index contributed by atoms with van der Waals surface area (Å²) in [5.74, 6) is 0. The average molecular weight is 345 g/mol. The lowest BCUT2D eigenvalue weighted by molar-refractivity contribution is 0.590. The average Bonchev–Trinajstić information content (AvgIpc) is 2.48. The molecule has 2 aromatic rings. The lowest BCUT2D eigenvalue weighted by atomic mass is 10.2. The van der Waals surface area contributed by atoms with Crippen LogP contribution in [-0.4, -0.2) is 18.0 Å². The molecule has 0 amide bonds. The van der Waals surface area contributed by atoms with Crippen LogP contribution in [-0.2, 0) is 19.7 Å². The van der Waals surface area contributed by atoms with E-state index < -0.39 is 25.1 Å². The number of benzene rings is 2. The van der Waals surface area contributed by atoms with Crippen molar-refractivity contribution in [1.82, 2.24) is 4.13 Å². The maximum absolute atomic E-state index is 13.2. The Kier molecular flexibility index (Phi) is 4.64. The molecule has 0 radical (unpaired) electrons. The summed E-state index contributed by atoms with van der Waals surface area (Å²) in [5, 5.41) is -2.49. The van der Waals surface area contributed by atoms with Gasteiger partial charge in [0, 0.05) is 0 Å². The van der Waals surface area contributed by atoms with Crippen molar-refractivity contribution in [3.63, 3.8) is 0 Å². The van der Waals surface area contributed by atoms with Crippen LogP contribution in [0.25, 0.3) is 0 Å². The smallest absolute Gasteiger partial charge is 0.241 e. The lowest BCUT2D eigenvalue weighted by Gasteiger charge is -2.12. The van der Waals surface area contributed by atoms with Gasteiger partial charge in [-0.05, 0) is 31.2 Å². The molecule has 1 N–H and O–H groups in total. The second-order valence-electron chi connectivity index (χ2n) is 4.49. The van der Waals surface area contributed by atoms with E-state index in [1.165, 1.54) is 48.5 Å². The summed E-state index contributed by atoms with van der Waals surface area (Å²) in [5.41, 5.74) is 0.811. The van der Waals surface area contributed by atoms with E-state index in [4.69, 9.17) is 0 Å². The third-order valence-electron chi connectivity index (χ3n) is 2.85. The highest BCUT2D eigenvalue weighted by atomic mass is 32.3. The fourth-order valence-corrected chi connectivity index (χ4v) is 5.17. The molecule has 0 aliphatic rings. The van der Waals surface area contributed by atoms with Gasteiger partial charge in [-0.15, -0.1) is 4.13 Å². The van der Waals surface area contributed by atoms with Gasteiger partial charge >= 0.3 is 5.37 Å². The van der Waals surface area contributed by atoms with Crippen molar-refractivity contribution in [2.45, 2.75) is 16.7 Å². The monoisotopic (exact) mass is 345 g/mol. The topological polar surface area (TPSA) is 63.2 Å². The molecule has 0 saturated heterocycles. The Balaban J connectivity index is 2.53. The van der Waals surface area contributed by atoms with Gasteiger partial charge in [0.05, 0.1) is 9.79 Å². The normalized spacial score (nSPS) is 14.3. The van der Waals surface area contributed by atoms with Crippen molar-refractivity contribution in [1.29, 1.82) is 0 Å². The van der Waals surface area contributed by atoms with Gasteiger partial charge in [-0.2, -0.15) is 8.78 Å². The molecular formula is C14H13F2NO3S2. The van der Waals surface area contributed by atoms with Gasteiger partial charge in [0.2, 0.25) is 0 Å². The minimum Gasteiger partial charge on any atom is -0.241 e. The molecule has 0 spiro atoms. The quantitative estimate of drug-likeness (QED) is 0.684. The van der Waals surface area contributed by atoms with Crippen LogP contribution in [0.3, 0.4) is 0 Å². The predicted molar refractivity (Wildman–Crippen MR) is 81.6 cm³/mol. The van der Waals surface area contributed by atoms with Crippen LogP contribution in [0.4, 0.5) is 8.78 Å². The van der Waals surface area contributed by atoms with Crippen LogP contribution >= 0.6 is 0 Å². The SMILES string of the molecule is Cc1ccc(S(=O)(=O)NS(=O)(=C(F)F)c2ccccc2)cc1. The van der Waals surface area contributed by atoms with Crippen molar-refractivity contribution in [3.8, 4) is 0 Å². The molecule has 8 heteroatoms. The van der Waals surface area contributed by atoms with Crippen molar-refractivity contribution in [2.75, 3.05) is 0 Å². The number of hydrogen-bond acceptors (Lipinski definition) is 3. The second kappa shape index (κ2) is 6.15. The van der Waals surface area contributed by atoms with E-state index in [1.54, 1.807) is 17.1 Å². The molecule has 0 aromatic heterocycles. The highest BCUT2D eigenvalue weighted by Crippen LogP contribution is 2.17. The molecule has 4 nitrogen and oxygen atoms in total. The number of nitrogens with one attached hydrogen (secondary N) is 1. The summed E-state index contributed by atoms with van der Waals surface area (Å²) in [4.78, 5) is -0.534. The first kappa shape index (κ1) is 16.6. The number of hydrogen-bond donors (Lipinski definition) is 1. The molecule has 1 unspecified atom stereocenters. The molecule has 22 heavy (non-hydrogen) atoms. The van der Waals surface area contributed by atoms with E-state index in [2.05, 4.69) is 0 Å². The van der Waals surface area contributed by atoms with E-state index in [9.17, 15) is 21.4 Å². The minimum absolute atomic E-state index is 0.233. The van der Waals surface area contributed by atoms with E-state index in [0.29, 0.717) is 0 Å². The molecular weight excluding hydrogens is 332 g/mol. The van der Waals surface area contributed by atoms with Crippen LogP contribution in [0, 0.1) is 6.92 Å². The fourth-order valence-electron chi connectivity index (χ4n) is 1.70. The van der Waals surface area contributed by atoms with Gasteiger partial charge in [-0.1, -0.05) is 35.9 Å². The zero-order chi connectivity index (χ0) is 16.4. The Morgan fingerprint density at radius 1 is 0.864 bits per heavy atom. The maximum atomic E-state index is 13.2. The molecule has 0 heterocycles. The molecule has 1 atom stereocenters. The van der Waals surface area contributed by atoms with Gasteiger partial charge in [0.15, 0.2) is 0 Å². The third-order valence-corrected chi connectivity index (χ3v) is 6.93. The van der Waals surface area contributed by atoms with E-state index >= 15 is 0 Å². The van der Waals surface area contributed by atoms with Crippen LogP contribution < -0.4 is 4.13 Å². The number of sulfonamides is 1. The zero-order valence-electron chi connectivity index (χ0n) is 11.5. The molecule has 0 fully saturated rings. The van der Waals surface area contributed by atoms with Crippen molar-refractivity contribution in [2.24, 2.45) is 0 Å². The fraction of sp³-hybridized carbons (Fsp3) is 0.0714. The van der Waals surface area contributed by atoms with Crippen molar-refractivity contribution < 1.29 is 21.4 Å². The Morgan fingerprint density at radius 2 is 1.41 bits per heavy atom. The van der Waals surface area contributed by atoms with Crippen molar-refractivity contribution >= 4 is 25.1 Å². The zero-order valence-corrected chi connectivity index (χ0v) is 13.1. The van der Waals surface area contributed by atoms with Crippen LogP contribution in [0.2, 0.25) is 0 Å². The minimum atomic E-state index is -4.35. The summed E-state index contributed by atoms with van der Waals surface area (Å²) < 4.78 is 64.9. The summed E-state index contributed by atoms with van der Waals surface area (Å²) in [6, 6.07) is 12.3. The third kappa shape index (κ3) is 3.34. The largest absolute Gasteiger partial charge is 0.341 e. The van der Waals surface area contributed by atoms with Crippen LogP contribution in [0.5, 0.6) is 0 Å². The Bertz CT molecular complexity index is 881. The van der Waals surface area contributed by atoms with Crippen LogP contribution in [0.1, 0.15) is 5.56 Å². The van der Waals surface area contributed by atoms with Gasteiger partial charge in [0.25, 0.3) is 10.0 Å². The first-order valence-electron chi connectivity index (χ1n) is 6.13. The first-order valence-corrected chi connectivity index (χ1v) is 9.17. The summed E-state index contributed by atoms with van der Waals surface area (Å²) in [6.07, 6.45) is 0. The highest BCUT2D eigenvalue weighted by Gasteiger charge is 2.26. The molecule has 2 aromatic carbocycles. The molecule has 0 aliphatic heterocycles. The van der Waals surface area contributed by atoms with Crippen LogP contribution in [0.15, 0.2) is 64.4 Å². The second-order valence-corrected chi connectivity index (χ2v) is 8.53. The Hall–Kier alpha value is -1.77. The maximum Gasteiger partial charge on any atom is 0.341 e.